The SMILES string of the molecule is CCSc1nsc(NC(=O)C(CC)Sc2cccc(NC(=O)/C(=C/c3ccc(Br)cc3)NC(=O)c3ccccc3)c2)n1. The summed E-state index contributed by atoms with van der Waals surface area (Å²) in [6.45, 7) is 3.96. The highest BCUT2D eigenvalue weighted by molar-refractivity contribution is 9.10. The molecule has 0 spiro atoms. The molecule has 0 aliphatic heterocycles. The van der Waals surface area contributed by atoms with Crippen LogP contribution in [-0.2, 0) is 9.59 Å². The fraction of sp³-hybridized carbons (Fsp3) is 0.167. The van der Waals surface area contributed by atoms with E-state index in [1.807, 2.05) is 56.3 Å². The number of nitrogens with zero attached hydrogens (tertiary/aromatic N) is 2. The average molecular weight is 683 g/mol. The predicted octanol–water partition coefficient (Wildman–Crippen LogP) is 7.33. The maximum absolute atomic E-state index is 13.4. The molecular formula is C30H28BrN5O3S3. The third-order valence-electron chi connectivity index (χ3n) is 5.65. The minimum absolute atomic E-state index is 0.0905. The molecule has 0 aliphatic carbocycles. The van der Waals surface area contributed by atoms with Gasteiger partial charge in [-0.25, -0.2) is 0 Å². The number of halogens is 1. The topological polar surface area (TPSA) is 113 Å². The summed E-state index contributed by atoms with van der Waals surface area (Å²) in [5.74, 6) is -0.188. The summed E-state index contributed by atoms with van der Waals surface area (Å²) < 4.78 is 5.14. The number of carbonyl (C=O) groups excluding carboxylic acids is 3. The van der Waals surface area contributed by atoms with E-state index in [4.69, 9.17) is 0 Å². The molecule has 8 nitrogen and oxygen atoms in total. The molecule has 1 heterocycles. The molecule has 4 rings (SSSR count). The predicted molar refractivity (Wildman–Crippen MR) is 176 cm³/mol. The van der Waals surface area contributed by atoms with Crippen molar-refractivity contribution < 1.29 is 14.4 Å². The van der Waals surface area contributed by atoms with Crippen molar-refractivity contribution in [1.29, 1.82) is 0 Å². The minimum atomic E-state index is -0.480. The monoisotopic (exact) mass is 681 g/mol. The zero-order valence-electron chi connectivity index (χ0n) is 22.8. The first-order valence-corrected chi connectivity index (χ1v) is 16.5. The molecule has 0 aliphatic rings. The lowest BCUT2D eigenvalue weighted by Crippen LogP contribution is -2.30. The van der Waals surface area contributed by atoms with Crippen LogP contribution in [0.25, 0.3) is 6.08 Å². The van der Waals surface area contributed by atoms with E-state index >= 15 is 0 Å². The van der Waals surface area contributed by atoms with Crippen LogP contribution in [0.1, 0.15) is 36.2 Å². The molecule has 12 heteroatoms. The van der Waals surface area contributed by atoms with Crippen molar-refractivity contribution in [1.82, 2.24) is 14.7 Å². The smallest absolute Gasteiger partial charge is 0.272 e. The van der Waals surface area contributed by atoms with E-state index in [1.54, 1.807) is 42.5 Å². The summed E-state index contributed by atoms with van der Waals surface area (Å²) in [5, 5.41) is 9.24. The summed E-state index contributed by atoms with van der Waals surface area (Å²) in [4.78, 5) is 44.4. The van der Waals surface area contributed by atoms with Gasteiger partial charge in [0.25, 0.3) is 11.8 Å². The normalized spacial score (nSPS) is 11.9. The molecule has 3 amide bonds. The molecule has 0 bridgehead atoms. The first-order chi connectivity index (χ1) is 20.3. The van der Waals surface area contributed by atoms with Gasteiger partial charge in [0.15, 0.2) is 0 Å². The first-order valence-electron chi connectivity index (χ1n) is 13.0. The largest absolute Gasteiger partial charge is 0.321 e. The molecule has 216 valence electrons. The van der Waals surface area contributed by atoms with E-state index in [1.165, 1.54) is 23.5 Å². The maximum atomic E-state index is 13.4. The average Bonchev–Trinajstić information content (AvgIpc) is 3.44. The molecule has 42 heavy (non-hydrogen) atoms. The van der Waals surface area contributed by atoms with Crippen molar-refractivity contribution in [2.45, 2.75) is 35.6 Å². The Morgan fingerprint density at radius 2 is 1.74 bits per heavy atom. The molecular weight excluding hydrogens is 654 g/mol. The fourth-order valence-corrected chi connectivity index (χ4v) is 6.19. The molecule has 1 unspecified atom stereocenters. The second-order valence-corrected chi connectivity index (χ2v) is 12.9. The Morgan fingerprint density at radius 3 is 2.45 bits per heavy atom. The summed E-state index contributed by atoms with van der Waals surface area (Å²) in [5.41, 5.74) is 1.80. The van der Waals surface area contributed by atoms with Gasteiger partial charge >= 0.3 is 0 Å². The lowest BCUT2D eigenvalue weighted by molar-refractivity contribution is -0.116. The number of aromatic nitrogens is 2. The lowest BCUT2D eigenvalue weighted by atomic mass is 10.1. The molecule has 0 fully saturated rings. The van der Waals surface area contributed by atoms with Crippen LogP contribution >= 0.6 is 51.0 Å². The summed E-state index contributed by atoms with van der Waals surface area (Å²) in [7, 11) is 0. The standard InChI is InChI=1S/C30H28BrN5O3S3/c1-3-25(28(39)34-29-35-30(36-42-29)40-4-2)41-23-12-8-11-22(18-23)32-27(38)24(17-19-13-15-21(31)16-14-19)33-26(37)20-9-6-5-7-10-20/h5-18,25H,3-4H2,1-2H3,(H,32,38)(H,33,37)(H,34,35,36,39)/b24-17-. The van der Waals surface area contributed by atoms with Gasteiger partial charge in [0.1, 0.15) is 5.70 Å². The fourth-order valence-electron chi connectivity index (χ4n) is 3.63. The number of amides is 3. The summed E-state index contributed by atoms with van der Waals surface area (Å²) in [6, 6.07) is 23.3. The van der Waals surface area contributed by atoms with Crippen LogP contribution in [-0.4, -0.2) is 38.1 Å². The van der Waals surface area contributed by atoms with Gasteiger partial charge < -0.3 is 10.6 Å². The Hall–Kier alpha value is -3.45. The van der Waals surface area contributed by atoms with Gasteiger partial charge in [0.05, 0.1) is 5.25 Å². The van der Waals surface area contributed by atoms with Crippen LogP contribution in [0.4, 0.5) is 10.8 Å². The Labute approximate surface area is 265 Å². The van der Waals surface area contributed by atoms with E-state index in [9.17, 15) is 14.4 Å². The van der Waals surface area contributed by atoms with Crippen LogP contribution in [0.2, 0.25) is 0 Å². The summed E-state index contributed by atoms with van der Waals surface area (Å²) >= 11 is 7.49. The van der Waals surface area contributed by atoms with Crippen molar-refractivity contribution in [3.8, 4) is 0 Å². The molecule has 0 saturated heterocycles. The van der Waals surface area contributed by atoms with Crippen LogP contribution in [0.3, 0.4) is 0 Å². The number of carbonyl (C=O) groups is 3. The molecule has 4 aromatic rings. The summed E-state index contributed by atoms with van der Waals surface area (Å²) in [6.07, 6.45) is 2.21. The van der Waals surface area contributed by atoms with E-state index < -0.39 is 11.8 Å². The van der Waals surface area contributed by atoms with Gasteiger partial charge in [0, 0.05) is 32.2 Å². The zero-order chi connectivity index (χ0) is 29.9. The Kier molecular flexibility index (Phi) is 11.8. The number of hydrogen-bond donors (Lipinski definition) is 3. The van der Waals surface area contributed by atoms with Crippen LogP contribution < -0.4 is 16.0 Å². The third kappa shape index (κ3) is 9.28. The molecule has 1 aromatic heterocycles. The second kappa shape index (κ2) is 15.7. The Bertz CT molecular complexity index is 1560. The highest BCUT2D eigenvalue weighted by Crippen LogP contribution is 2.29. The third-order valence-corrected chi connectivity index (χ3v) is 9.02. The second-order valence-electron chi connectivity index (χ2n) is 8.73. The van der Waals surface area contributed by atoms with Crippen LogP contribution in [0.5, 0.6) is 0 Å². The number of thioether (sulfide) groups is 2. The van der Waals surface area contributed by atoms with E-state index in [2.05, 4.69) is 41.2 Å². The highest BCUT2D eigenvalue weighted by atomic mass is 79.9. The molecule has 0 radical (unpaired) electrons. The lowest BCUT2D eigenvalue weighted by Gasteiger charge is -2.15. The van der Waals surface area contributed by atoms with E-state index in [0.29, 0.717) is 28.0 Å². The maximum Gasteiger partial charge on any atom is 0.272 e. The van der Waals surface area contributed by atoms with Gasteiger partial charge in [-0.1, -0.05) is 77.9 Å². The quantitative estimate of drug-likeness (QED) is 0.106. The molecule has 0 saturated carbocycles. The number of benzene rings is 3. The highest BCUT2D eigenvalue weighted by Gasteiger charge is 2.21. The number of hydrogen-bond acceptors (Lipinski definition) is 8. The van der Waals surface area contributed by atoms with Crippen molar-refractivity contribution in [2.24, 2.45) is 0 Å². The van der Waals surface area contributed by atoms with Crippen LogP contribution in [0, 0.1) is 0 Å². The molecule has 3 aromatic carbocycles. The minimum Gasteiger partial charge on any atom is -0.321 e. The number of anilines is 2. The van der Waals surface area contributed by atoms with Gasteiger partial charge in [-0.2, -0.15) is 9.36 Å². The first kappa shape index (κ1) is 31.5. The van der Waals surface area contributed by atoms with Crippen molar-refractivity contribution in [2.75, 3.05) is 16.4 Å². The van der Waals surface area contributed by atoms with Crippen molar-refractivity contribution in [3.05, 3.63) is 100 Å². The van der Waals surface area contributed by atoms with Crippen molar-refractivity contribution in [3.63, 3.8) is 0 Å². The molecule has 1 atom stereocenters. The number of rotatable bonds is 12. The van der Waals surface area contributed by atoms with Crippen molar-refractivity contribution >= 4 is 85.6 Å². The number of nitrogens with one attached hydrogen (secondary N) is 3. The zero-order valence-corrected chi connectivity index (χ0v) is 26.8. The Morgan fingerprint density at radius 1 is 0.976 bits per heavy atom. The van der Waals surface area contributed by atoms with Gasteiger partial charge in [-0.15, -0.1) is 11.8 Å². The van der Waals surface area contributed by atoms with Crippen LogP contribution in [0.15, 0.2) is 99.1 Å². The molecule has 3 N–H and O–H groups in total. The van der Waals surface area contributed by atoms with E-state index in [-0.39, 0.29) is 16.9 Å². The van der Waals surface area contributed by atoms with Gasteiger partial charge in [-0.05, 0) is 66.3 Å². The Balaban J connectivity index is 1.47. The van der Waals surface area contributed by atoms with Gasteiger partial charge in [0.2, 0.25) is 16.2 Å². The van der Waals surface area contributed by atoms with E-state index in [0.717, 1.165) is 32.2 Å². The van der Waals surface area contributed by atoms with Gasteiger partial charge in [-0.3, -0.25) is 19.7 Å².